The van der Waals surface area contributed by atoms with Crippen LogP contribution in [-0.2, 0) is 38.6 Å². The van der Waals surface area contributed by atoms with Gasteiger partial charge in [-0.1, -0.05) is 92.1 Å². The van der Waals surface area contributed by atoms with Gasteiger partial charge in [0.1, 0.15) is 23.0 Å². The van der Waals surface area contributed by atoms with Gasteiger partial charge in [0.15, 0.2) is 0 Å². The Hall–Kier alpha value is -7.43. The van der Waals surface area contributed by atoms with Gasteiger partial charge in [-0.2, -0.15) is 0 Å². The second-order valence-corrected chi connectivity index (χ2v) is 20.0. The maximum atomic E-state index is 14.4. The van der Waals surface area contributed by atoms with Crippen molar-refractivity contribution < 1.29 is 28.6 Å². The van der Waals surface area contributed by atoms with Crippen LogP contribution in [0.4, 0.5) is 20.7 Å². The zero-order valence-corrected chi connectivity index (χ0v) is 42.2. The number of amides is 2. The van der Waals surface area contributed by atoms with Crippen molar-refractivity contribution in [2.75, 3.05) is 24.6 Å². The third-order valence-corrected chi connectivity index (χ3v) is 14.8. The molecule has 0 atom stereocenters. The van der Waals surface area contributed by atoms with E-state index in [-0.39, 0.29) is 64.8 Å². The van der Waals surface area contributed by atoms with E-state index in [1.807, 2.05) is 78.9 Å². The molecule has 1 saturated heterocycles. The van der Waals surface area contributed by atoms with Gasteiger partial charge >= 0.3 is 0 Å². The lowest BCUT2D eigenvalue weighted by atomic mass is 9.96. The van der Waals surface area contributed by atoms with E-state index < -0.39 is 0 Å². The highest BCUT2D eigenvalue weighted by atomic mass is 35.5. The molecule has 6 aromatic carbocycles. The lowest BCUT2D eigenvalue weighted by Crippen LogP contribution is -2.35. The standard InChI is InChI=1S/C29H28FN5O2.C24H18ClFN4O.C6H12O/c30-22-7-5-21(15-34-11-9-23(36)10-12-34)24(14-22)18-6-8-26-25(13-18)27(33-29(31)32-26)28(37)35-16-19-3-1-2-4-20(19)17-35;25-11-15-5-7-18(26)10-19(15)14-6-8-21-20(9-14)22(29-24(27)28-21)23(31)30-12-16-3-1-2-4-17(16)13-30;7-6-4-2-1-3-5-6/h1-8,13-14,23,36H,9-12,15-17H2,(H2,31,32,33);1-10H,11-13H2,(H2,27,28,29);6-7H,1-5H2. The van der Waals surface area contributed by atoms with Gasteiger partial charge in [-0.05, 0) is 130 Å². The van der Waals surface area contributed by atoms with Crippen molar-refractivity contribution >= 4 is 57.1 Å². The zero-order chi connectivity index (χ0) is 52.2. The monoisotopic (exact) mass is 1030 g/mol. The number of halogens is 3. The van der Waals surface area contributed by atoms with Gasteiger partial charge in [-0.3, -0.25) is 14.5 Å². The number of anilines is 2. The van der Waals surface area contributed by atoms with Gasteiger partial charge < -0.3 is 31.5 Å². The number of alkyl halides is 1. The number of fused-ring (bicyclic) bond motifs is 4. The first kappa shape index (κ1) is 51.1. The molecule has 3 aliphatic heterocycles. The third kappa shape index (κ3) is 11.6. The number of likely N-dealkylation sites (tertiary alicyclic amines) is 1. The van der Waals surface area contributed by atoms with Crippen LogP contribution in [0.3, 0.4) is 0 Å². The van der Waals surface area contributed by atoms with Crippen molar-refractivity contribution in [3.05, 3.63) is 178 Å². The molecule has 0 bridgehead atoms. The Kier molecular flexibility index (Phi) is 15.4. The Morgan fingerprint density at radius 2 is 0.973 bits per heavy atom. The number of hydrogen-bond donors (Lipinski definition) is 4. The normalized spacial score (nSPS) is 15.7. The Morgan fingerprint density at radius 1 is 0.547 bits per heavy atom. The van der Waals surface area contributed by atoms with Gasteiger partial charge in [0, 0.05) is 62.5 Å². The lowest BCUT2D eigenvalue weighted by Gasteiger charge is -2.30. The number of aromatic nitrogens is 4. The molecule has 4 aliphatic rings. The topological polar surface area (TPSA) is 188 Å². The molecular weight excluding hydrogens is 972 g/mol. The van der Waals surface area contributed by atoms with Crippen LogP contribution in [0.15, 0.2) is 121 Å². The summed E-state index contributed by atoms with van der Waals surface area (Å²) in [6.07, 6.45) is 7.14. The minimum absolute atomic E-state index is 0.0347. The fraction of sp³-hybridized carbons (Fsp3) is 0.288. The van der Waals surface area contributed by atoms with Gasteiger partial charge in [0.25, 0.3) is 11.8 Å². The molecule has 2 aromatic heterocycles. The minimum atomic E-state index is -0.358. The summed E-state index contributed by atoms with van der Waals surface area (Å²) in [5.74, 6) is -0.796. The van der Waals surface area contributed by atoms with Gasteiger partial charge in [0.05, 0.1) is 23.2 Å². The number of nitrogens with zero attached hydrogens (tertiary/aromatic N) is 7. The highest BCUT2D eigenvalue weighted by Gasteiger charge is 2.29. The van der Waals surface area contributed by atoms with Crippen LogP contribution in [0.2, 0.25) is 0 Å². The first-order chi connectivity index (χ1) is 36.4. The molecule has 2 amide bonds. The van der Waals surface area contributed by atoms with Gasteiger partial charge in [-0.15, -0.1) is 11.6 Å². The minimum Gasteiger partial charge on any atom is -0.393 e. The number of nitrogens with two attached hydrogens (primary N) is 2. The summed E-state index contributed by atoms with van der Waals surface area (Å²) in [4.78, 5) is 50.1. The number of hydrogen-bond acceptors (Lipinski definition) is 11. The lowest BCUT2D eigenvalue weighted by molar-refractivity contribution is 0.0741. The second-order valence-electron chi connectivity index (χ2n) is 19.7. The van der Waals surface area contributed by atoms with Crippen molar-refractivity contribution in [1.29, 1.82) is 0 Å². The molecule has 75 heavy (non-hydrogen) atoms. The van der Waals surface area contributed by atoms with Crippen LogP contribution in [-0.4, -0.2) is 82.0 Å². The molecule has 0 spiro atoms. The van der Waals surface area contributed by atoms with Gasteiger partial charge in [-0.25, -0.2) is 28.7 Å². The Labute approximate surface area is 438 Å². The van der Waals surface area contributed by atoms with E-state index in [2.05, 4.69) is 24.8 Å². The number of aliphatic hydroxyl groups is 2. The van der Waals surface area contributed by atoms with E-state index in [0.29, 0.717) is 60.1 Å². The van der Waals surface area contributed by atoms with E-state index in [1.54, 1.807) is 28.0 Å². The number of carbonyl (C=O) groups excluding carboxylic acids is 2. The van der Waals surface area contributed by atoms with Crippen molar-refractivity contribution in [3.8, 4) is 22.3 Å². The molecule has 8 aromatic rings. The smallest absolute Gasteiger partial charge is 0.273 e. The second kappa shape index (κ2) is 22.6. The SMILES string of the molecule is Nc1nc(C(=O)N2Cc3ccccc3C2)c2cc(-c3cc(F)ccc3CCl)ccc2n1.Nc1nc(C(=O)N2Cc3ccccc3C2)c2cc(-c3cc(F)ccc3CN3CCC(O)CC3)ccc2n1.OC1CCCCC1. The van der Waals surface area contributed by atoms with Crippen molar-refractivity contribution in [2.24, 2.45) is 0 Å². The maximum absolute atomic E-state index is 14.4. The van der Waals surface area contributed by atoms with E-state index in [9.17, 15) is 23.5 Å². The number of nitrogen functional groups attached to an aromatic ring is 2. The fourth-order valence-corrected chi connectivity index (χ4v) is 10.7. The molecule has 1 aliphatic carbocycles. The summed E-state index contributed by atoms with van der Waals surface area (Å²) in [5, 5.41) is 19.9. The molecule has 13 nitrogen and oxygen atoms in total. The van der Waals surface area contributed by atoms with Crippen LogP contribution in [0.5, 0.6) is 0 Å². The van der Waals surface area contributed by atoms with Crippen molar-refractivity contribution in [3.63, 3.8) is 0 Å². The van der Waals surface area contributed by atoms with Crippen LogP contribution < -0.4 is 11.5 Å². The Morgan fingerprint density at radius 3 is 1.40 bits per heavy atom. The molecule has 1 saturated carbocycles. The number of rotatable bonds is 7. The van der Waals surface area contributed by atoms with Crippen LogP contribution in [0.25, 0.3) is 44.1 Å². The average Bonchev–Trinajstić information content (AvgIpc) is 4.07. The van der Waals surface area contributed by atoms with Crippen LogP contribution in [0.1, 0.15) is 99.3 Å². The molecule has 6 N–H and O–H groups in total. The first-order valence-electron chi connectivity index (χ1n) is 25.5. The molecular formula is C59H58ClF2N9O4. The summed E-state index contributed by atoms with van der Waals surface area (Å²) in [5.41, 5.74) is 22.7. The van der Waals surface area contributed by atoms with E-state index in [4.69, 9.17) is 28.2 Å². The van der Waals surface area contributed by atoms with E-state index in [1.165, 1.54) is 43.5 Å². The van der Waals surface area contributed by atoms with Crippen molar-refractivity contribution in [2.45, 2.75) is 95.8 Å². The Balaban J connectivity index is 0.000000153. The van der Waals surface area contributed by atoms with Crippen LogP contribution >= 0.6 is 11.6 Å². The summed E-state index contributed by atoms with van der Waals surface area (Å²) >= 11 is 6.06. The van der Waals surface area contributed by atoms with Crippen molar-refractivity contribution in [1.82, 2.24) is 34.6 Å². The number of piperidine rings is 1. The fourth-order valence-electron chi connectivity index (χ4n) is 10.5. The molecule has 2 fully saturated rings. The molecule has 0 radical (unpaired) electrons. The maximum Gasteiger partial charge on any atom is 0.273 e. The summed E-state index contributed by atoms with van der Waals surface area (Å²) in [6, 6.07) is 36.2. The van der Waals surface area contributed by atoms with Crippen LogP contribution in [0, 0.1) is 11.6 Å². The van der Waals surface area contributed by atoms with Gasteiger partial charge in [0.2, 0.25) is 11.9 Å². The predicted octanol–water partition coefficient (Wildman–Crippen LogP) is 10.4. The largest absolute Gasteiger partial charge is 0.393 e. The number of aliphatic hydroxyl groups excluding tert-OH is 2. The third-order valence-electron chi connectivity index (χ3n) is 14.5. The zero-order valence-electron chi connectivity index (χ0n) is 41.4. The number of carbonyl (C=O) groups is 2. The summed E-state index contributed by atoms with van der Waals surface area (Å²) in [7, 11) is 0. The Bertz CT molecular complexity index is 3370. The average molecular weight is 1030 g/mol. The molecule has 5 heterocycles. The molecule has 384 valence electrons. The molecule has 12 rings (SSSR count). The predicted molar refractivity (Wildman–Crippen MR) is 288 cm³/mol. The van der Waals surface area contributed by atoms with E-state index in [0.717, 1.165) is 88.8 Å². The van der Waals surface area contributed by atoms with E-state index >= 15 is 0 Å². The highest BCUT2D eigenvalue weighted by molar-refractivity contribution is 6.17. The summed E-state index contributed by atoms with van der Waals surface area (Å²) in [6.45, 7) is 4.29. The molecule has 0 unspecified atom stereocenters. The highest BCUT2D eigenvalue weighted by Crippen LogP contribution is 2.34. The first-order valence-corrected chi connectivity index (χ1v) is 26.0. The molecule has 16 heteroatoms. The summed E-state index contributed by atoms with van der Waals surface area (Å²) < 4.78 is 28.4. The number of benzene rings is 6. The quantitative estimate of drug-likeness (QED) is 0.111.